The molecule has 1 unspecified atom stereocenters. The maximum absolute atomic E-state index is 12.1. The molecule has 0 amide bonds. The second-order valence-electron chi connectivity index (χ2n) is 6.36. The number of aliphatic hydroxyl groups is 1. The van der Waals surface area contributed by atoms with Gasteiger partial charge in [-0.05, 0) is 24.1 Å². The van der Waals surface area contributed by atoms with Crippen molar-refractivity contribution in [3.8, 4) is 0 Å². The van der Waals surface area contributed by atoms with E-state index in [2.05, 4.69) is 10.3 Å². The van der Waals surface area contributed by atoms with Gasteiger partial charge < -0.3 is 15.2 Å². The predicted molar refractivity (Wildman–Crippen MR) is 98.4 cm³/mol. The average Bonchev–Trinajstić information content (AvgIpc) is 2.97. The molecule has 1 aromatic carbocycles. The van der Waals surface area contributed by atoms with Gasteiger partial charge in [-0.25, -0.2) is 4.79 Å². The summed E-state index contributed by atoms with van der Waals surface area (Å²) in [6.07, 6.45) is 0.598. The lowest BCUT2D eigenvalue weighted by Gasteiger charge is -2.17. The Morgan fingerprint density at radius 3 is 2.77 bits per heavy atom. The molecule has 0 radical (unpaired) electrons. The van der Waals surface area contributed by atoms with E-state index in [1.54, 1.807) is 0 Å². The van der Waals surface area contributed by atoms with Crippen molar-refractivity contribution < 1.29 is 9.84 Å². The molecule has 0 saturated carbocycles. The van der Waals surface area contributed by atoms with Crippen molar-refractivity contribution in [2.24, 2.45) is 0 Å². The molecule has 140 valence electrons. The van der Waals surface area contributed by atoms with Crippen LogP contribution in [0.3, 0.4) is 0 Å². The first-order valence-electron chi connectivity index (χ1n) is 8.61. The minimum absolute atomic E-state index is 0.294. The smallest absolute Gasteiger partial charge is 0.330 e. The summed E-state index contributed by atoms with van der Waals surface area (Å²) in [7, 11) is 0. The van der Waals surface area contributed by atoms with Crippen LogP contribution in [0.5, 0.6) is 0 Å². The topological polar surface area (TPSA) is 96.3 Å². The Balaban J connectivity index is 1.62. The number of benzene rings is 1. The number of nitrogens with one attached hydrogen (secondary N) is 2. The lowest BCUT2D eigenvalue weighted by Crippen LogP contribution is -2.35. The molecule has 7 nitrogen and oxygen atoms in total. The summed E-state index contributed by atoms with van der Waals surface area (Å²) in [5.41, 5.74) is 0.669. The molecule has 1 saturated heterocycles. The molecule has 1 aromatic heterocycles. The van der Waals surface area contributed by atoms with Gasteiger partial charge in [-0.1, -0.05) is 30.7 Å². The van der Waals surface area contributed by atoms with Crippen molar-refractivity contribution in [1.82, 2.24) is 14.9 Å². The third-order valence-corrected chi connectivity index (χ3v) is 4.78. The molecule has 1 fully saturated rings. The second kappa shape index (κ2) is 8.18. The van der Waals surface area contributed by atoms with Gasteiger partial charge in [0.1, 0.15) is 6.23 Å². The number of halogens is 1. The summed E-state index contributed by atoms with van der Waals surface area (Å²) in [5.74, 6) is 0. The lowest BCUT2D eigenvalue weighted by molar-refractivity contribution is -0.0194. The maximum atomic E-state index is 12.1. The first-order valence-corrected chi connectivity index (χ1v) is 8.98. The number of hydrogen-bond acceptors (Lipinski definition) is 5. The molecule has 0 aliphatic carbocycles. The van der Waals surface area contributed by atoms with Crippen LogP contribution in [0, 0.1) is 0 Å². The number of aliphatic hydroxyl groups excluding tert-OH is 1. The van der Waals surface area contributed by atoms with Gasteiger partial charge in [-0.3, -0.25) is 14.3 Å². The van der Waals surface area contributed by atoms with Crippen LogP contribution in [0.1, 0.15) is 30.7 Å². The third-order valence-electron chi connectivity index (χ3n) is 4.52. The van der Waals surface area contributed by atoms with Crippen LogP contribution < -0.4 is 16.6 Å². The summed E-state index contributed by atoms with van der Waals surface area (Å²) in [4.78, 5) is 26.0. The highest BCUT2D eigenvalue weighted by molar-refractivity contribution is 6.30. The van der Waals surface area contributed by atoms with Gasteiger partial charge in [-0.2, -0.15) is 0 Å². The fourth-order valence-electron chi connectivity index (χ4n) is 3.02. The molecule has 3 atom stereocenters. The second-order valence-corrected chi connectivity index (χ2v) is 6.80. The Labute approximate surface area is 155 Å². The first-order chi connectivity index (χ1) is 12.5. The molecule has 2 heterocycles. The fraction of sp³-hybridized carbons (Fsp3) is 0.444. The van der Waals surface area contributed by atoms with E-state index in [4.69, 9.17) is 16.3 Å². The van der Waals surface area contributed by atoms with Crippen LogP contribution in [-0.4, -0.2) is 33.4 Å². The van der Waals surface area contributed by atoms with Crippen molar-refractivity contribution in [2.75, 3.05) is 6.54 Å². The maximum Gasteiger partial charge on any atom is 0.330 e. The lowest BCUT2D eigenvalue weighted by atomic mass is 10.1. The van der Waals surface area contributed by atoms with Gasteiger partial charge in [0.15, 0.2) is 0 Å². The van der Waals surface area contributed by atoms with E-state index in [-0.39, 0.29) is 5.56 Å². The van der Waals surface area contributed by atoms with Crippen molar-refractivity contribution in [3.63, 3.8) is 0 Å². The van der Waals surface area contributed by atoms with E-state index in [9.17, 15) is 14.7 Å². The highest BCUT2D eigenvalue weighted by Gasteiger charge is 2.35. The molecule has 2 aromatic rings. The van der Waals surface area contributed by atoms with E-state index in [0.29, 0.717) is 36.5 Å². The molecule has 1 aliphatic heterocycles. The molecule has 3 N–H and O–H groups in total. The molecular formula is C18H22ClN3O4. The quantitative estimate of drug-likeness (QED) is 0.700. The number of aryl methyl sites for hydroxylation is 1. The Bertz CT molecular complexity index is 862. The van der Waals surface area contributed by atoms with Crippen molar-refractivity contribution in [1.29, 1.82) is 0 Å². The van der Waals surface area contributed by atoms with Crippen LogP contribution >= 0.6 is 11.6 Å². The van der Waals surface area contributed by atoms with Crippen LogP contribution in [0.4, 0.5) is 0 Å². The van der Waals surface area contributed by atoms with Crippen molar-refractivity contribution >= 4 is 11.6 Å². The Morgan fingerprint density at radius 2 is 2.08 bits per heavy atom. The fourth-order valence-corrected chi connectivity index (χ4v) is 3.15. The number of aromatic nitrogens is 2. The van der Waals surface area contributed by atoms with Crippen LogP contribution in [0.15, 0.2) is 40.1 Å². The van der Waals surface area contributed by atoms with Crippen molar-refractivity contribution in [3.05, 3.63) is 67.4 Å². The monoisotopic (exact) mass is 379 g/mol. The SMILES string of the molecule is CCc1cn([C@@H]2CC(O)[C@H](CNCc3ccc(Cl)cc3)O2)c(=O)[nH]c1=O. The number of ether oxygens (including phenoxy) is 1. The highest BCUT2D eigenvalue weighted by Crippen LogP contribution is 2.27. The molecule has 26 heavy (non-hydrogen) atoms. The van der Waals surface area contributed by atoms with Gasteiger partial charge in [-0.15, -0.1) is 0 Å². The zero-order valence-corrected chi connectivity index (χ0v) is 15.2. The molecule has 0 bridgehead atoms. The van der Waals surface area contributed by atoms with E-state index in [0.717, 1.165) is 5.56 Å². The van der Waals surface area contributed by atoms with Crippen LogP contribution in [0.25, 0.3) is 0 Å². The molecule has 1 aliphatic rings. The summed E-state index contributed by atoms with van der Waals surface area (Å²) < 4.78 is 7.19. The van der Waals surface area contributed by atoms with Gasteiger partial charge in [0, 0.05) is 36.3 Å². The highest BCUT2D eigenvalue weighted by atomic mass is 35.5. The summed E-state index contributed by atoms with van der Waals surface area (Å²) in [6, 6.07) is 7.50. The minimum Gasteiger partial charge on any atom is -0.390 e. The zero-order chi connectivity index (χ0) is 18.7. The Morgan fingerprint density at radius 1 is 1.35 bits per heavy atom. The van der Waals surface area contributed by atoms with E-state index < -0.39 is 24.1 Å². The van der Waals surface area contributed by atoms with Gasteiger partial charge in [0.05, 0.1) is 12.2 Å². The third kappa shape index (κ3) is 4.24. The van der Waals surface area contributed by atoms with E-state index >= 15 is 0 Å². The number of aromatic amines is 1. The standard InChI is InChI=1S/C18H22ClN3O4/c1-2-12-10-22(18(25)21-17(12)24)16-7-14(23)15(26-16)9-20-8-11-3-5-13(19)6-4-11/h3-6,10,14-16,20,23H,2,7-9H2,1H3,(H,21,24,25)/t14?,15-,16-/m0/s1. The van der Waals surface area contributed by atoms with Crippen molar-refractivity contribution in [2.45, 2.75) is 44.7 Å². The molecule has 3 rings (SSSR count). The molecular weight excluding hydrogens is 358 g/mol. The molecule has 8 heteroatoms. The zero-order valence-electron chi connectivity index (χ0n) is 14.4. The Kier molecular flexibility index (Phi) is 5.93. The number of H-pyrrole nitrogens is 1. The number of rotatable bonds is 6. The largest absolute Gasteiger partial charge is 0.390 e. The first kappa shape index (κ1) is 18.8. The normalized spacial score (nSPS) is 22.7. The van der Waals surface area contributed by atoms with Crippen LogP contribution in [-0.2, 0) is 17.7 Å². The summed E-state index contributed by atoms with van der Waals surface area (Å²) in [6.45, 7) is 2.90. The van der Waals surface area contributed by atoms with Crippen LogP contribution in [0.2, 0.25) is 5.02 Å². The van der Waals surface area contributed by atoms with Gasteiger partial charge in [0.25, 0.3) is 5.56 Å². The number of hydrogen-bond donors (Lipinski definition) is 3. The van der Waals surface area contributed by atoms with Gasteiger partial charge in [0.2, 0.25) is 0 Å². The minimum atomic E-state index is -0.693. The summed E-state index contributed by atoms with van der Waals surface area (Å²) in [5, 5.41) is 14.2. The van der Waals surface area contributed by atoms with E-state index in [1.807, 2.05) is 31.2 Å². The summed E-state index contributed by atoms with van der Waals surface area (Å²) >= 11 is 5.86. The van der Waals surface area contributed by atoms with Gasteiger partial charge >= 0.3 is 5.69 Å². The predicted octanol–water partition coefficient (Wildman–Crippen LogP) is 1.19. The Hall–Kier alpha value is -1.93. The molecule has 0 spiro atoms. The average molecular weight is 380 g/mol. The van der Waals surface area contributed by atoms with E-state index in [1.165, 1.54) is 10.8 Å². The number of nitrogens with zero attached hydrogens (tertiary/aromatic N) is 1.